The molecule has 2 heterocycles. The van der Waals surface area contributed by atoms with Crippen LogP contribution in [0.1, 0.15) is 15.4 Å². The van der Waals surface area contributed by atoms with Crippen molar-refractivity contribution >= 4 is 17.4 Å². The molecule has 0 unspecified atom stereocenters. The molecule has 2 aromatic rings. The maximum Gasteiger partial charge on any atom is 0.338 e. The van der Waals surface area contributed by atoms with Gasteiger partial charge in [0, 0.05) is 28.1 Å². The highest BCUT2D eigenvalue weighted by molar-refractivity contribution is 7.12. The largest absolute Gasteiger partial charge is 0.350 e. The maximum absolute atomic E-state index is 10.6. The third-order valence-electron chi connectivity index (χ3n) is 2.82. The SMILES string of the molecule is NC(=O)N(O)C/C=C\Cc1ccc(Cc2ccccn2)s1. The molecular formula is C15H17N3O2S. The molecular weight excluding hydrogens is 286 g/mol. The highest BCUT2D eigenvalue weighted by atomic mass is 32.1. The number of pyridine rings is 1. The third-order valence-corrected chi connectivity index (χ3v) is 3.92. The number of hydrogen-bond donors (Lipinski definition) is 2. The van der Waals surface area contributed by atoms with Crippen LogP contribution in [0.3, 0.4) is 0 Å². The molecule has 0 aliphatic rings. The first-order valence-electron chi connectivity index (χ1n) is 6.53. The molecule has 2 rings (SSSR count). The van der Waals surface area contributed by atoms with Crippen molar-refractivity contribution < 1.29 is 10.0 Å². The van der Waals surface area contributed by atoms with E-state index in [1.807, 2.05) is 24.3 Å². The lowest BCUT2D eigenvalue weighted by atomic mass is 10.2. The average molecular weight is 303 g/mol. The molecule has 21 heavy (non-hydrogen) atoms. The number of thiophene rings is 1. The number of carbonyl (C=O) groups is 1. The van der Waals surface area contributed by atoms with Crippen molar-refractivity contribution in [2.24, 2.45) is 5.73 Å². The number of rotatable bonds is 6. The zero-order valence-corrected chi connectivity index (χ0v) is 12.3. The maximum atomic E-state index is 10.6. The Labute approximate surface area is 127 Å². The Morgan fingerprint density at radius 1 is 1.29 bits per heavy atom. The number of aromatic nitrogens is 1. The molecule has 2 aromatic heterocycles. The van der Waals surface area contributed by atoms with Crippen LogP contribution in [-0.2, 0) is 12.8 Å². The molecule has 5 nitrogen and oxygen atoms in total. The van der Waals surface area contributed by atoms with Crippen LogP contribution >= 0.6 is 11.3 Å². The number of urea groups is 1. The molecule has 0 aliphatic heterocycles. The molecule has 0 radical (unpaired) electrons. The summed E-state index contributed by atoms with van der Waals surface area (Å²) in [4.78, 5) is 17.4. The van der Waals surface area contributed by atoms with Crippen LogP contribution in [0.5, 0.6) is 0 Å². The Bertz CT molecular complexity index is 610. The minimum absolute atomic E-state index is 0.0987. The fourth-order valence-corrected chi connectivity index (χ4v) is 2.78. The molecule has 0 bridgehead atoms. The van der Waals surface area contributed by atoms with E-state index in [1.54, 1.807) is 23.6 Å². The number of nitrogens with two attached hydrogens (primary N) is 1. The Kier molecular flexibility index (Phi) is 5.48. The molecule has 0 aromatic carbocycles. The highest BCUT2D eigenvalue weighted by Gasteiger charge is 2.02. The summed E-state index contributed by atoms with van der Waals surface area (Å²) in [6.07, 6.45) is 7.01. The van der Waals surface area contributed by atoms with E-state index in [0.717, 1.165) is 18.5 Å². The van der Waals surface area contributed by atoms with E-state index in [-0.39, 0.29) is 6.54 Å². The topological polar surface area (TPSA) is 79.5 Å². The van der Waals surface area contributed by atoms with Crippen molar-refractivity contribution in [1.29, 1.82) is 0 Å². The number of amides is 2. The van der Waals surface area contributed by atoms with Gasteiger partial charge in [-0.3, -0.25) is 10.2 Å². The molecule has 0 aliphatic carbocycles. The van der Waals surface area contributed by atoms with E-state index in [0.29, 0.717) is 5.06 Å². The fourth-order valence-electron chi connectivity index (χ4n) is 1.77. The summed E-state index contributed by atoms with van der Waals surface area (Å²) in [7, 11) is 0. The van der Waals surface area contributed by atoms with Gasteiger partial charge < -0.3 is 5.73 Å². The van der Waals surface area contributed by atoms with Crippen molar-refractivity contribution in [3.8, 4) is 0 Å². The minimum atomic E-state index is -0.853. The van der Waals surface area contributed by atoms with Crippen LogP contribution < -0.4 is 5.73 Å². The van der Waals surface area contributed by atoms with Gasteiger partial charge in [-0.2, -0.15) is 0 Å². The Morgan fingerprint density at radius 3 is 2.81 bits per heavy atom. The standard InChI is InChI=1S/C15H17N3O2S/c16-15(19)18(20)10-4-2-6-13-7-8-14(21-13)11-12-5-1-3-9-17-12/h1-5,7-9,20H,6,10-11H2,(H2,16,19)/b4-2-. The number of hydrogen-bond acceptors (Lipinski definition) is 4. The van der Waals surface area contributed by atoms with Gasteiger partial charge in [0.1, 0.15) is 0 Å². The lowest BCUT2D eigenvalue weighted by Gasteiger charge is -2.07. The van der Waals surface area contributed by atoms with Crippen molar-refractivity contribution in [2.75, 3.05) is 6.54 Å². The van der Waals surface area contributed by atoms with Crippen LogP contribution in [0.4, 0.5) is 4.79 Å². The van der Waals surface area contributed by atoms with Gasteiger partial charge in [0.2, 0.25) is 0 Å². The van der Waals surface area contributed by atoms with Gasteiger partial charge in [0.25, 0.3) is 0 Å². The minimum Gasteiger partial charge on any atom is -0.350 e. The molecule has 0 spiro atoms. The average Bonchev–Trinajstić information content (AvgIpc) is 2.92. The number of allylic oxidation sites excluding steroid dienone is 1. The monoisotopic (exact) mass is 303 g/mol. The quantitative estimate of drug-likeness (QED) is 0.489. The highest BCUT2D eigenvalue weighted by Crippen LogP contribution is 2.19. The number of carbonyl (C=O) groups excluding carboxylic acids is 1. The van der Waals surface area contributed by atoms with Gasteiger partial charge in [0.15, 0.2) is 0 Å². The van der Waals surface area contributed by atoms with Crippen LogP contribution in [0.15, 0.2) is 48.7 Å². The molecule has 6 heteroatoms. The molecule has 0 atom stereocenters. The summed E-state index contributed by atoms with van der Waals surface area (Å²) in [5, 5.41) is 9.56. The summed E-state index contributed by atoms with van der Waals surface area (Å²) < 4.78 is 0. The van der Waals surface area contributed by atoms with E-state index in [2.05, 4.69) is 17.1 Å². The smallest absolute Gasteiger partial charge is 0.338 e. The normalized spacial score (nSPS) is 10.9. The fraction of sp³-hybridized carbons (Fsp3) is 0.200. The van der Waals surface area contributed by atoms with Gasteiger partial charge in [-0.25, -0.2) is 9.86 Å². The zero-order valence-electron chi connectivity index (χ0n) is 11.5. The second kappa shape index (κ2) is 7.56. The van der Waals surface area contributed by atoms with Gasteiger partial charge in [-0.1, -0.05) is 18.2 Å². The first-order chi connectivity index (χ1) is 10.1. The van der Waals surface area contributed by atoms with Crippen LogP contribution in [0.25, 0.3) is 0 Å². The van der Waals surface area contributed by atoms with Gasteiger partial charge in [-0.05, 0) is 30.7 Å². The second-order valence-corrected chi connectivity index (χ2v) is 5.71. The number of primary amides is 1. The number of nitrogens with zero attached hydrogens (tertiary/aromatic N) is 2. The zero-order chi connectivity index (χ0) is 15.1. The molecule has 0 saturated heterocycles. The first kappa shape index (κ1) is 15.2. The second-order valence-electron chi connectivity index (χ2n) is 4.46. The lowest BCUT2D eigenvalue weighted by molar-refractivity contribution is -0.0288. The lowest BCUT2D eigenvalue weighted by Crippen LogP contribution is -2.32. The molecule has 2 amide bonds. The van der Waals surface area contributed by atoms with Crippen LogP contribution in [0.2, 0.25) is 0 Å². The van der Waals surface area contributed by atoms with Crippen molar-refractivity contribution in [3.05, 3.63) is 64.1 Å². The summed E-state index contributed by atoms with van der Waals surface area (Å²) >= 11 is 1.73. The Hall–Kier alpha value is -2.18. The molecule has 0 saturated carbocycles. The number of hydroxylamine groups is 2. The molecule has 110 valence electrons. The van der Waals surface area contributed by atoms with E-state index >= 15 is 0 Å². The van der Waals surface area contributed by atoms with Crippen molar-refractivity contribution in [3.63, 3.8) is 0 Å². The van der Waals surface area contributed by atoms with Gasteiger partial charge in [0.05, 0.1) is 6.54 Å². The van der Waals surface area contributed by atoms with E-state index in [4.69, 9.17) is 10.9 Å². The first-order valence-corrected chi connectivity index (χ1v) is 7.35. The van der Waals surface area contributed by atoms with Crippen LogP contribution in [-0.4, -0.2) is 27.8 Å². The predicted octanol–water partition coefficient (Wildman–Crippen LogP) is 2.60. The Balaban J connectivity index is 1.83. The third kappa shape index (κ3) is 5.02. The predicted molar refractivity (Wildman–Crippen MR) is 82.3 cm³/mol. The van der Waals surface area contributed by atoms with Gasteiger partial charge >= 0.3 is 6.03 Å². The van der Waals surface area contributed by atoms with Crippen molar-refractivity contribution in [1.82, 2.24) is 10.0 Å². The summed E-state index contributed by atoms with van der Waals surface area (Å²) in [5.74, 6) is 0. The van der Waals surface area contributed by atoms with Gasteiger partial charge in [-0.15, -0.1) is 11.3 Å². The summed E-state index contributed by atoms with van der Waals surface area (Å²) in [6, 6.07) is 9.23. The van der Waals surface area contributed by atoms with E-state index in [9.17, 15) is 4.79 Å². The van der Waals surface area contributed by atoms with E-state index < -0.39 is 6.03 Å². The Morgan fingerprint density at radius 2 is 2.10 bits per heavy atom. The summed E-state index contributed by atoms with van der Waals surface area (Å²) in [5.41, 5.74) is 5.96. The molecule has 3 N–H and O–H groups in total. The van der Waals surface area contributed by atoms with Crippen LogP contribution in [0, 0.1) is 0 Å². The van der Waals surface area contributed by atoms with Crippen molar-refractivity contribution in [2.45, 2.75) is 12.8 Å². The molecule has 0 fully saturated rings. The van der Waals surface area contributed by atoms with E-state index in [1.165, 1.54) is 9.75 Å². The summed E-state index contributed by atoms with van der Waals surface area (Å²) in [6.45, 7) is 0.0987.